The van der Waals surface area contributed by atoms with Gasteiger partial charge in [-0.2, -0.15) is 0 Å². The van der Waals surface area contributed by atoms with Gasteiger partial charge in [-0.1, -0.05) is 26.7 Å². The van der Waals surface area contributed by atoms with Crippen LogP contribution in [-0.4, -0.2) is 11.3 Å². The van der Waals surface area contributed by atoms with Gasteiger partial charge in [0.2, 0.25) is 0 Å². The first-order valence-electron chi connectivity index (χ1n) is 4.16. The molecule has 0 fully saturated rings. The number of nitrogens with two attached hydrogens (primary N) is 1. The second-order valence-corrected chi connectivity index (χ2v) is 2.83. The fraction of sp³-hybridized carbons (Fsp3) is 1.00. The molecule has 0 aliphatic carbocycles. The van der Waals surface area contributed by atoms with Gasteiger partial charge in [-0.05, 0) is 18.8 Å². The summed E-state index contributed by atoms with van der Waals surface area (Å²) in [5.41, 5.74) is 5.36. The quantitative estimate of drug-likeness (QED) is 0.576. The molecule has 0 spiro atoms. The lowest BCUT2D eigenvalue weighted by atomic mass is 9.97. The predicted molar refractivity (Wildman–Crippen MR) is 43.5 cm³/mol. The van der Waals surface area contributed by atoms with Crippen molar-refractivity contribution >= 4 is 0 Å². The van der Waals surface area contributed by atoms with Crippen molar-refractivity contribution in [2.24, 2.45) is 11.7 Å². The highest BCUT2D eigenvalue weighted by Crippen LogP contribution is 2.14. The summed E-state index contributed by atoms with van der Waals surface area (Å²) in [5.74, 6) is 0.315. The Bertz CT molecular complexity index is 67.7. The second-order valence-electron chi connectivity index (χ2n) is 2.83. The summed E-state index contributed by atoms with van der Waals surface area (Å²) in [5, 5.41) is 9.05. The van der Waals surface area contributed by atoms with Crippen molar-refractivity contribution in [3.8, 4) is 0 Å². The van der Waals surface area contributed by atoms with Gasteiger partial charge in [-0.3, -0.25) is 0 Å². The maximum atomic E-state index is 9.05. The predicted octanol–water partition coefficient (Wildman–Crippen LogP) is 1.48. The minimum atomic E-state index is -0.611. The van der Waals surface area contributed by atoms with E-state index >= 15 is 0 Å². The molecule has 0 rings (SSSR count). The van der Waals surface area contributed by atoms with Crippen molar-refractivity contribution in [1.29, 1.82) is 0 Å². The van der Waals surface area contributed by atoms with Gasteiger partial charge in [0.05, 0.1) is 0 Å². The van der Waals surface area contributed by atoms with E-state index in [4.69, 9.17) is 10.8 Å². The van der Waals surface area contributed by atoms with Crippen LogP contribution in [0.5, 0.6) is 0 Å². The molecule has 0 bridgehead atoms. The van der Waals surface area contributed by atoms with Crippen molar-refractivity contribution in [3.63, 3.8) is 0 Å². The minimum Gasteiger partial charge on any atom is -0.379 e. The molecule has 0 aromatic heterocycles. The van der Waals surface area contributed by atoms with E-state index in [9.17, 15) is 0 Å². The molecular formula is C8H19NO. The molecule has 62 valence electrons. The van der Waals surface area contributed by atoms with Crippen LogP contribution in [-0.2, 0) is 0 Å². The molecule has 10 heavy (non-hydrogen) atoms. The summed E-state index contributed by atoms with van der Waals surface area (Å²) < 4.78 is 0. The second kappa shape index (κ2) is 5.69. The summed E-state index contributed by atoms with van der Waals surface area (Å²) in [7, 11) is 0. The lowest BCUT2D eigenvalue weighted by molar-refractivity contribution is 0.102. The number of hydrogen-bond acceptors (Lipinski definition) is 2. The Morgan fingerprint density at radius 2 is 1.60 bits per heavy atom. The third-order valence-electron chi connectivity index (χ3n) is 1.80. The number of hydrogen-bond donors (Lipinski definition) is 2. The fourth-order valence-electron chi connectivity index (χ4n) is 1.23. The van der Waals surface area contributed by atoms with Crippen LogP contribution in [0.1, 0.15) is 39.5 Å². The van der Waals surface area contributed by atoms with E-state index in [0.29, 0.717) is 5.92 Å². The monoisotopic (exact) mass is 145 g/mol. The van der Waals surface area contributed by atoms with Crippen LogP contribution in [0.15, 0.2) is 0 Å². The van der Waals surface area contributed by atoms with Crippen molar-refractivity contribution in [2.75, 3.05) is 0 Å². The molecule has 0 aromatic rings. The number of aliphatic hydroxyl groups is 1. The maximum Gasteiger partial charge on any atom is 0.105 e. The summed E-state index contributed by atoms with van der Waals surface area (Å²) >= 11 is 0. The third kappa shape index (κ3) is 3.85. The number of rotatable bonds is 5. The molecule has 0 aliphatic rings. The Morgan fingerprint density at radius 3 is 1.80 bits per heavy atom. The molecule has 0 radical (unpaired) electrons. The Hall–Kier alpha value is -0.0800. The Morgan fingerprint density at radius 1 is 1.20 bits per heavy atom. The van der Waals surface area contributed by atoms with Crippen molar-refractivity contribution in [3.05, 3.63) is 0 Å². The molecule has 0 heterocycles. The van der Waals surface area contributed by atoms with Gasteiger partial charge in [0, 0.05) is 0 Å². The molecule has 0 amide bonds. The van der Waals surface area contributed by atoms with Crippen LogP contribution in [0.2, 0.25) is 0 Å². The van der Waals surface area contributed by atoms with Gasteiger partial charge in [0.1, 0.15) is 6.23 Å². The van der Waals surface area contributed by atoms with Gasteiger partial charge >= 0.3 is 0 Å². The van der Waals surface area contributed by atoms with Crippen molar-refractivity contribution in [2.45, 2.75) is 45.8 Å². The largest absolute Gasteiger partial charge is 0.379 e. The van der Waals surface area contributed by atoms with E-state index in [2.05, 4.69) is 13.8 Å². The van der Waals surface area contributed by atoms with Crippen LogP contribution in [0.3, 0.4) is 0 Å². The molecule has 1 unspecified atom stereocenters. The van der Waals surface area contributed by atoms with E-state index in [1.165, 1.54) is 0 Å². The molecule has 3 N–H and O–H groups in total. The highest BCUT2D eigenvalue weighted by molar-refractivity contribution is 4.62. The molecule has 2 nitrogen and oxygen atoms in total. The Labute approximate surface area is 63.4 Å². The topological polar surface area (TPSA) is 46.2 Å². The van der Waals surface area contributed by atoms with Gasteiger partial charge in [-0.25, -0.2) is 0 Å². The van der Waals surface area contributed by atoms with E-state index in [1.807, 2.05) is 0 Å². The normalized spacial score (nSPS) is 14.1. The van der Waals surface area contributed by atoms with Crippen LogP contribution in [0.25, 0.3) is 0 Å². The lowest BCUT2D eigenvalue weighted by Gasteiger charge is -2.17. The standard InChI is InChI=1S/C8H19NO/c1-3-5-7(6-4-2)8(9)10/h7-8,10H,3-6,9H2,1-2H3. The molecule has 0 saturated heterocycles. The Kier molecular flexibility index (Phi) is 5.64. The van der Waals surface area contributed by atoms with Crippen molar-refractivity contribution < 1.29 is 5.11 Å². The fourth-order valence-corrected chi connectivity index (χ4v) is 1.23. The highest BCUT2D eigenvalue weighted by atomic mass is 16.3. The lowest BCUT2D eigenvalue weighted by Crippen LogP contribution is -2.29. The molecule has 0 aliphatic heterocycles. The summed E-state index contributed by atoms with van der Waals surface area (Å²) in [6.07, 6.45) is 3.70. The van der Waals surface area contributed by atoms with Gasteiger partial charge in [-0.15, -0.1) is 0 Å². The van der Waals surface area contributed by atoms with E-state index in [1.54, 1.807) is 0 Å². The average Bonchev–Trinajstić information content (AvgIpc) is 1.87. The van der Waals surface area contributed by atoms with Gasteiger partial charge < -0.3 is 10.8 Å². The van der Waals surface area contributed by atoms with Crippen LogP contribution in [0.4, 0.5) is 0 Å². The molecule has 0 aromatic carbocycles. The first-order valence-corrected chi connectivity index (χ1v) is 4.16. The summed E-state index contributed by atoms with van der Waals surface area (Å²) in [6, 6.07) is 0. The van der Waals surface area contributed by atoms with E-state index < -0.39 is 6.23 Å². The third-order valence-corrected chi connectivity index (χ3v) is 1.80. The maximum absolute atomic E-state index is 9.05. The minimum absolute atomic E-state index is 0.315. The first-order chi connectivity index (χ1) is 4.72. The first kappa shape index (κ1) is 9.92. The van der Waals surface area contributed by atoms with E-state index in [0.717, 1.165) is 25.7 Å². The Balaban J connectivity index is 3.50. The smallest absolute Gasteiger partial charge is 0.105 e. The summed E-state index contributed by atoms with van der Waals surface area (Å²) in [6.45, 7) is 4.23. The number of aliphatic hydroxyl groups excluding tert-OH is 1. The molecular weight excluding hydrogens is 126 g/mol. The zero-order valence-corrected chi connectivity index (χ0v) is 7.01. The van der Waals surface area contributed by atoms with Crippen molar-refractivity contribution in [1.82, 2.24) is 0 Å². The molecule has 1 atom stereocenters. The summed E-state index contributed by atoms with van der Waals surface area (Å²) in [4.78, 5) is 0. The van der Waals surface area contributed by atoms with E-state index in [-0.39, 0.29) is 0 Å². The molecule has 0 saturated carbocycles. The zero-order chi connectivity index (χ0) is 7.98. The zero-order valence-electron chi connectivity index (χ0n) is 7.01. The SMILES string of the molecule is CCCC(CCC)C(N)O. The average molecular weight is 145 g/mol. The molecule has 2 heteroatoms. The van der Waals surface area contributed by atoms with Gasteiger partial charge in [0.25, 0.3) is 0 Å². The highest BCUT2D eigenvalue weighted by Gasteiger charge is 2.12. The van der Waals surface area contributed by atoms with Crippen LogP contribution in [0, 0.1) is 5.92 Å². The van der Waals surface area contributed by atoms with Gasteiger partial charge in [0.15, 0.2) is 0 Å². The van der Waals surface area contributed by atoms with Crippen LogP contribution < -0.4 is 5.73 Å². The van der Waals surface area contributed by atoms with Crippen LogP contribution >= 0.6 is 0 Å².